The minimum absolute atomic E-state index is 0.0446. The molecule has 1 aromatic carbocycles. The van der Waals surface area contributed by atoms with Crippen molar-refractivity contribution in [3.8, 4) is 0 Å². The predicted octanol–water partition coefficient (Wildman–Crippen LogP) is 1.07. The van der Waals surface area contributed by atoms with Crippen LogP contribution in [0.25, 0.3) is 0 Å². The van der Waals surface area contributed by atoms with Gasteiger partial charge in [0, 0.05) is 38.8 Å². The molecule has 5 nitrogen and oxygen atoms in total. The van der Waals surface area contributed by atoms with Crippen molar-refractivity contribution in [1.82, 2.24) is 10.2 Å². The molecule has 0 aliphatic carbocycles. The summed E-state index contributed by atoms with van der Waals surface area (Å²) in [7, 11) is 2.10. The molecule has 1 fully saturated rings. The average molecular weight is 277 g/mol. The molecular weight excluding hydrogens is 254 g/mol. The normalized spacial score (nSPS) is 19.1. The first-order valence-corrected chi connectivity index (χ1v) is 7.01. The minimum atomic E-state index is -0.0446. The Morgan fingerprint density at radius 2 is 2.20 bits per heavy atom. The molecule has 1 saturated heterocycles. The maximum atomic E-state index is 11.0. The molecule has 1 aliphatic rings. The summed E-state index contributed by atoms with van der Waals surface area (Å²) in [4.78, 5) is 13.2. The van der Waals surface area contributed by atoms with Crippen molar-refractivity contribution in [3.05, 3.63) is 29.8 Å². The second-order valence-electron chi connectivity index (χ2n) is 5.27. The molecule has 1 amide bonds. The molecule has 0 saturated carbocycles. The van der Waals surface area contributed by atoms with Crippen molar-refractivity contribution < 1.29 is 9.53 Å². The van der Waals surface area contributed by atoms with E-state index in [1.807, 2.05) is 24.3 Å². The molecule has 1 aromatic rings. The van der Waals surface area contributed by atoms with Gasteiger partial charge in [-0.2, -0.15) is 0 Å². The molecule has 1 unspecified atom stereocenters. The highest BCUT2D eigenvalue weighted by atomic mass is 16.5. The third-order valence-electron chi connectivity index (χ3n) is 3.25. The molecule has 5 heteroatoms. The second-order valence-corrected chi connectivity index (χ2v) is 5.27. The van der Waals surface area contributed by atoms with E-state index in [0.717, 1.165) is 38.5 Å². The van der Waals surface area contributed by atoms with Gasteiger partial charge in [-0.05, 0) is 24.7 Å². The van der Waals surface area contributed by atoms with E-state index in [2.05, 4.69) is 22.6 Å². The number of rotatable bonds is 5. The van der Waals surface area contributed by atoms with Crippen LogP contribution in [0, 0.1) is 0 Å². The minimum Gasteiger partial charge on any atom is -0.374 e. The van der Waals surface area contributed by atoms with Crippen LogP contribution in [-0.2, 0) is 16.1 Å². The smallest absolute Gasteiger partial charge is 0.221 e. The van der Waals surface area contributed by atoms with Gasteiger partial charge in [0.15, 0.2) is 0 Å². The highest BCUT2D eigenvalue weighted by Gasteiger charge is 2.15. The monoisotopic (exact) mass is 277 g/mol. The molecule has 0 radical (unpaired) electrons. The van der Waals surface area contributed by atoms with Gasteiger partial charge in [-0.25, -0.2) is 0 Å². The summed E-state index contributed by atoms with van der Waals surface area (Å²) in [5, 5.41) is 6.11. The highest BCUT2D eigenvalue weighted by molar-refractivity contribution is 5.88. The molecule has 110 valence electrons. The number of anilines is 1. The van der Waals surface area contributed by atoms with Crippen LogP contribution in [-0.4, -0.2) is 50.2 Å². The molecule has 1 heterocycles. The summed E-state index contributed by atoms with van der Waals surface area (Å²) in [5.74, 6) is -0.0446. The zero-order chi connectivity index (χ0) is 14.4. The van der Waals surface area contributed by atoms with Crippen LogP contribution in [0.3, 0.4) is 0 Å². The molecular formula is C15H23N3O2. The van der Waals surface area contributed by atoms with Gasteiger partial charge in [-0.1, -0.05) is 12.1 Å². The van der Waals surface area contributed by atoms with Gasteiger partial charge < -0.3 is 15.4 Å². The van der Waals surface area contributed by atoms with Crippen LogP contribution >= 0.6 is 0 Å². The first-order valence-electron chi connectivity index (χ1n) is 7.01. The maximum absolute atomic E-state index is 11.0. The van der Waals surface area contributed by atoms with Gasteiger partial charge in [0.1, 0.15) is 0 Å². The topological polar surface area (TPSA) is 53.6 Å². The van der Waals surface area contributed by atoms with Gasteiger partial charge in [-0.15, -0.1) is 0 Å². The fourth-order valence-electron chi connectivity index (χ4n) is 2.36. The van der Waals surface area contributed by atoms with Crippen molar-refractivity contribution in [3.63, 3.8) is 0 Å². The first-order chi connectivity index (χ1) is 9.63. The molecule has 2 rings (SSSR count). The van der Waals surface area contributed by atoms with E-state index in [-0.39, 0.29) is 12.0 Å². The standard InChI is InChI=1S/C15H23N3O2/c1-12(19)17-14-5-3-13(4-6-14)10-18(2)11-15-9-16-7-8-20-15/h3-6,15-16H,7-11H2,1-2H3,(H,17,19). The Morgan fingerprint density at radius 1 is 1.45 bits per heavy atom. The average Bonchev–Trinajstić information content (AvgIpc) is 2.41. The van der Waals surface area contributed by atoms with E-state index in [1.165, 1.54) is 12.5 Å². The van der Waals surface area contributed by atoms with Crippen molar-refractivity contribution in [1.29, 1.82) is 0 Å². The van der Waals surface area contributed by atoms with Crippen LogP contribution in [0.15, 0.2) is 24.3 Å². The third kappa shape index (κ3) is 4.92. The summed E-state index contributed by atoms with van der Waals surface area (Å²) in [6.45, 7) is 5.97. The van der Waals surface area contributed by atoms with Crippen molar-refractivity contribution >= 4 is 11.6 Å². The summed E-state index contributed by atoms with van der Waals surface area (Å²) < 4.78 is 5.70. The number of hydrogen-bond donors (Lipinski definition) is 2. The van der Waals surface area contributed by atoms with Crippen molar-refractivity contribution in [2.24, 2.45) is 0 Å². The van der Waals surface area contributed by atoms with Gasteiger partial charge in [0.25, 0.3) is 0 Å². The predicted molar refractivity (Wildman–Crippen MR) is 79.7 cm³/mol. The van der Waals surface area contributed by atoms with Crippen LogP contribution in [0.5, 0.6) is 0 Å². The van der Waals surface area contributed by atoms with E-state index >= 15 is 0 Å². The lowest BCUT2D eigenvalue weighted by Gasteiger charge is -2.28. The number of morpholine rings is 1. The first kappa shape index (κ1) is 15.0. The van der Waals surface area contributed by atoms with Crippen LogP contribution < -0.4 is 10.6 Å². The van der Waals surface area contributed by atoms with Gasteiger partial charge in [-0.3, -0.25) is 9.69 Å². The quantitative estimate of drug-likeness (QED) is 0.845. The number of hydrogen-bond acceptors (Lipinski definition) is 4. The van der Waals surface area contributed by atoms with Crippen LogP contribution in [0.4, 0.5) is 5.69 Å². The fraction of sp³-hybridized carbons (Fsp3) is 0.533. The second kappa shape index (κ2) is 7.38. The Hall–Kier alpha value is -1.43. The fourth-order valence-corrected chi connectivity index (χ4v) is 2.36. The largest absolute Gasteiger partial charge is 0.374 e. The number of likely N-dealkylation sites (N-methyl/N-ethyl adjacent to an activating group) is 1. The third-order valence-corrected chi connectivity index (χ3v) is 3.25. The number of carbonyl (C=O) groups is 1. The van der Waals surface area contributed by atoms with E-state index in [9.17, 15) is 4.79 Å². The zero-order valence-electron chi connectivity index (χ0n) is 12.2. The van der Waals surface area contributed by atoms with E-state index in [0.29, 0.717) is 0 Å². The zero-order valence-corrected chi connectivity index (χ0v) is 12.2. The van der Waals surface area contributed by atoms with Gasteiger partial charge in [0.05, 0.1) is 12.7 Å². The van der Waals surface area contributed by atoms with E-state index in [4.69, 9.17) is 4.74 Å². The van der Waals surface area contributed by atoms with Crippen molar-refractivity contribution in [2.75, 3.05) is 38.6 Å². The Labute approximate surface area is 120 Å². The van der Waals surface area contributed by atoms with E-state index in [1.54, 1.807) is 0 Å². The number of nitrogens with zero attached hydrogens (tertiary/aromatic N) is 1. The molecule has 20 heavy (non-hydrogen) atoms. The molecule has 0 spiro atoms. The highest BCUT2D eigenvalue weighted by Crippen LogP contribution is 2.11. The van der Waals surface area contributed by atoms with Gasteiger partial charge in [0.2, 0.25) is 5.91 Å². The van der Waals surface area contributed by atoms with Crippen LogP contribution in [0.2, 0.25) is 0 Å². The molecule has 2 N–H and O–H groups in total. The summed E-state index contributed by atoms with van der Waals surface area (Å²) in [6, 6.07) is 7.95. The Morgan fingerprint density at radius 3 is 2.80 bits per heavy atom. The van der Waals surface area contributed by atoms with Crippen molar-refractivity contribution in [2.45, 2.75) is 19.6 Å². The molecule has 1 atom stereocenters. The lowest BCUT2D eigenvalue weighted by molar-refractivity contribution is -0.114. The Kier molecular flexibility index (Phi) is 5.52. The number of benzene rings is 1. The number of ether oxygens (including phenoxy) is 1. The summed E-state index contributed by atoms with van der Waals surface area (Å²) in [6.07, 6.45) is 0.271. The number of amides is 1. The Balaban J connectivity index is 1.81. The van der Waals surface area contributed by atoms with Gasteiger partial charge >= 0.3 is 0 Å². The lowest BCUT2D eigenvalue weighted by atomic mass is 10.2. The van der Waals surface area contributed by atoms with E-state index < -0.39 is 0 Å². The Bertz CT molecular complexity index is 427. The lowest BCUT2D eigenvalue weighted by Crippen LogP contribution is -2.44. The summed E-state index contributed by atoms with van der Waals surface area (Å²) >= 11 is 0. The van der Waals surface area contributed by atoms with Crippen LogP contribution in [0.1, 0.15) is 12.5 Å². The maximum Gasteiger partial charge on any atom is 0.221 e. The molecule has 0 aromatic heterocycles. The number of carbonyl (C=O) groups excluding carboxylic acids is 1. The number of nitrogens with one attached hydrogen (secondary N) is 2. The molecule has 0 bridgehead atoms. The molecule has 1 aliphatic heterocycles. The summed E-state index contributed by atoms with van der Waals surface area (Å²) in [5.41, 5.74) is 2.06. The SMILES string of the molecule is CC(=O)Nc1ccc(CN(C)CC2CNCCO2)cc1.